The zero-order valence-corrected chi connectivity index (χ0v) is 15.6. The number of anilines is 1. The number of thiophene rings is 1. The van der Waals surface area contributed by atoms with Gasteiger partial charge in [-0.2, -0.15) is 4.31 Å². The molecule has 7 heteroatoms. The molecule has 1 atom stereocenters. The number of amides is 1. The summed E-state index contributed by atoms with van der Waals surface area (Å²) >= 11 is 1.71. The summed E-state index contributed by atoms with van der Waals surface area (Å²) in [5.41, 5.74) is 2.76. The first kappa shape index (κ1) is 16.8. The van der Waals surface area contributed by atoms with Crippen LogP contribution in [-0.2, 0) is 27.7 Å². The predicted molar refractivity (Wildman–Crippen MR) is 98.3 cm³/mol. The molecule has 4 rings (SSSR count). The molecule has 1 amide bonds. The van der Waals surface area contributed by atoms with Crippen molar-refractivity contribution in [3.63, 3.8) is 0 Å². The third kappa shape index (κ3) is 2.80. The number of carbonyl (C=O) groups excluding carboxylic acids is 1. The number of sulfonamides is 1. The molecular formula is C18H20N2O3S2. The van der Waals surface area contributed by atoms with Gasteiger partial charge in [-0.05, 0) is 60.0 Å². The summed E-state index contributed by atoms with van der Waals surface area (Å²) in [7, 11) is -3.57. The van der Waals surface area contributed by atoms with E-state index in [4.69, 9.17) is 0 Å². The molecule has 0 saturated heterocycles. The van der Waals surface area contributed by atoms with Crippen LogP contribution in [0.2, 0.25) is 0 Å². The van der Waals surface area contributed by atoms with E-state index in [9.17, 15) is 13.2 Å². The lowest BCUT2D eigenvalue weighted by Gasteiger charge is -2.34. The minimum absolute atomic E-state index is 0.0184. The summed E-state index contributed by atoms with van der Waals surface area (Å²) in [4.78, 5) is 13.1. The smallest absolute Gasteiger partial charge is 0.243 e. The van der Waals surface area contributed by atoms with Gasteiger partial charge in [0.25, 0.3) is 0 Å². The largest absolute Gasteiger partial charge is 0.326 e. The third-order valence-electron chi connectivity index (χ3n) is 5.01. The van der Waals surface area contributed by atoms with Crippen molar-refractivity contribution in [1.29, 1.82) is 0 Å². The number of nitrogens with one attached hydrogen (secondary N) is 1. The molecule has 1 N–H and O–H groups in total. The number of carbonyl (C=O) groups is 1. The minimum atomic E-state index is -3.57. The van der Waals surface area contributed by atoms with E-state index in [2.05, 4.69) is 11.4 Å². The van der Waals surface area contributed by atoms with E-state index >= 15 is 0 Å². The fourth-order valence-electron chi connectivity index (χ4n) is 3.74. The van der Waals surface area contributed by atoms with E-state index in [0.717, 1.165) is 29.7 Å². The number of aryl methyl sites for hydroxylation is 1. The Kier molecular flexibility index (Phi) is 4.17. The number of fused-ring (bicyclic) bond motifs is 2. The molecule has 2 aliphatic heterocycles. The maximum atomic E-state index is 13.3. The lowest BCUT2D eigenvalue weighted by molar-refractivity contribution is -0.116. The summed E-state index contributed by atoms with van der Waals surface area (Å²) in [6, 6.07) is 6.99. The molecule has 0 spiro atoms. The number of benzene rings is 1. The summed E-state index contributed by atoms with van der Waals surface area (Å²) in [6.07, 6.45) is 2.50. The number of rotatable bonds is 3. The molecule has 3 heterocycles. The van der Waals surface area contributed by atoms with Gasteiger partial charge in [-0.1, -0.05) is 6.92 Å². The van der Waals surface area contributed by atoms with Crippen LogP contribution in [0.15, 0.2) is 34.5 Å². The van der Waals surface area contributed by atoms with Gasteiger partial charge in [-0.3, -0.25) is 4.79 Å². The molecule has 5 nitrogen and oxygen atoms in total. The number of hydrogen-bond acceptors (Lipinski definition) is 4. The highest BCUT2D eigenvalue weighted by atomic mass is 32.2. The van der Waals surface area contributed by atoms with Crippen LogP contribution in [-0.4, -0.2) is 25.2 Å². The Morgan fingerprint density at radius 3 is 2.88 bits per heavy atom. The van der Waals surface area contributed by atoms with E-state index < -0.39 is 10.0 Å². The van der Waals surface area contributed by atoms with E-state index in [1.165, 1.54) is 4.88 Å². The molecule has 2 aliphatic rings. The fraction of sp³-hybridized carbons (Fsp3) is 0.389. The van der Waals surface area contributed by atoms with Gasteiger partial charge in [0, 0.05) is 23.5 Å². The molecule has 1 aromatic carbocycles. The summed E-state index contributed by atoms with van der Waals surface area (Å²) in [5.74, 6) is -0.0184. The van der Waals surface area contributed by atoms with Crippen molar-refractivity contribution in [3.05, 3.63) is 45.6 Å². The van der Waals surface area contributed by atoms with Gasteiger partial charge in [0.2, 0.25) is 15.9 Å². The van der Waals surface area contributed by atoms with Crippen LogP contribution in [0, 0.1) is 0 Å². The predicted octanol–water partition coefficient (Wildman–Crippen LogP) is 3.33. The van der Waals surface area contributed by atoms with Gasteiger partial charge in [0.15, 0.2) is 0 Å². The quantitative estimate of drug-likeness (QED) is 0.893. The Morgan fingerprint density at radius 1 is 1.24 bits per heavy atom. The molecule has 0 bridgehead atoms. The first-order chi connectivity index (χ1) is 12.0. The second-order valence-corrected chi connectivity index (χ2v) is 9.35. The molecule has 0 saturated carbocycles. The highest BCUT2D eigenvalue weighted by Crippen LogP contribution is 2.39. The Bertz CT molecular complexity index is 934. The van der Waals surface area contributed by atoms with Crippen LogP contribution in [0.1, 0.15) is 41.8 Å². The van der Waals surface area contributed by atoms with E-state index in [1.807, 2.05) is 12.3 Å². The molecule has 132 valence electrons. The maximum absolute atomic E-state index is 13.3. The Balaban J connectivity index is 1.71. The standard InChI is InChI=1S/C18H20N2O3S2/c1-2-16-14-8-10-24-17(14)7-9-20(16)25(22,23)13-4-5-15-12(11-13)3-6-18(21)19-15/h4-5,8,10-11,16H,2-3,6-7,9H2,1H3,(H,19,21)/t16-/m1/s1. The normalized spacial score (nSPS) is 20.7. The van der Waals surface area contributed by atoms with E-state index in [1.54, 1.807) is 33.8 Å². The van der Waals surface area contributed by atoms with Gasteiger partial charge in [0.1, 0.15) is 0 Å². The average Bonchev–Trinajstić information content (AvgIpc) is 3.09. The second kappa shape index (κ2) is 6.23. The van der Waals surface area contributed by atoms with Gasteiger partial charge < -0.3 is 5.32 Å². The topological polar surface area (TPSA) is 66.5 Å². The molecule has 1 aromatic heterocycles. The van der Waals surface area contributed by atoms with Crippen LogP contribution in [0.3, 0.4) is 0 Å². The summed E-state index contributed by atoms with van der Waals surface area (Å²) in [6.45, 7) is 2.55. The highest BCUT2D eigenvalue weighted by molar-refractivity contribution is 7.89. The van der Waals surface area contributed by atoms with Crippen molar-refractivity contribution in [3.8, 4) is 0 Å². The zero-order chi connectivity index (χ0) is 17.6. The Hall–Kier alpha value is -1.70. The van der Waals surface area contributed by atoms with Gasteiger partial charge in [-0.25, -0.2) is 8.42 Å². The van der Waals surface area contributed by atoms with Gasteiger partial charge >= 0.3 is 0 Å². The first-order valence-corrected chi connectivity index (χ1v) is 10.8. The monoisotopic (exact) mass is 376 g/mol. The van der Waals surface area contributed by atoms with Gasteiger partial charge in [0.05, 0.1) is 10.9 Å². The van der Waals surface area contributed by atoms with Crippen molar-refractivity contribution in [2.75, 3.05) is 11.9 Å². The van der Waals surface area contributed by atoms with Crippen LogP contribution >= 0.6 is 11.3 Å². The molecule has 0 aliphatic carbocycles. The van der Waals surface area contributed by atoms with Crippen molar-refractivity contribution in [2.45, 2.75) is 43.5 Å². The zero-order valence-electron chi connectivity index (χ0n) is 14.0. The molecule has 25 heavy (non-hydrogen) atoms. The molecule has 2 aromatic rings. The molecule has 0 unspecified atom stereocenters. The second-order valence-electron chi connectivity index (χ2n) is 6.46. The number of nitrogens with zero attached hydrogens (tertiary/aromatic N) is 1. The van der Waals surface area contributed by atoms with E-state index in [-0.39, 0.29) is 11.9 Å². The lowest BCUT2D eigenvalue weighted by atomic mass is 10.0. The molecular weight excluding hydrogens is 356 g/mol. The van der Waals surface area contributed by atoms with Crippen LogP contribution in [0.25, 0.3) is 0 Å². The Morgan fingerprint density at radius 2 is 2.08 bits per heavy atom. The minimum Gasteiger partial charge on any atom is -0.326 e. The summed E-state index contributed by atoms with van der Waals surface area (Å²) in [5, 5.41) is 4.85. The third-order valence-corrected chi connectivity index (χ3v) is 7.91. The maximum Gasteiger partial charge on any atom is 0.243 e. The van der Waals surface area contributed by atoms with Crippen LogP contribution in [0.4, 0.5) is 5.69 Å². The lowest BCUT2D eigenvalue weighted by Crippen LogP contribution is -2.39. The van der Waals surface area contributed by atoms with Crippen molar-refractivity contribution >= 4 is 33.0 Å². The Labute approximate surface area is 151 Å². The molecule has 0 radical (unpaired) electrons. The van der Waals surface area contributed by atoms with Crippen molar-refractivity contribution < 1.29 is 13.2 Å². The van der Waals surface area contributed by atoms with Crippen molar-refractivity contribution in [1.82, 2.24) is 4.31 Å². The fourth-order valence-corrected chi connectivity index (χ4v) is 6.40. The first-order valence-electron chi connectivity index (χ1n) is 8.51. The van der Waals surface area contributed by atoms with E-state index in [0.29, 0.717) is 24.3 Å². The number of hydrogen-bond donors (Lipinski definition) is 1. The van der Waals surface area contributed by atoms with Crippen molar-refractivity contribution in [2.24, 2.45) is 0 Å². The molecule has 0 fully saturated rings. The van der Waals surface area contributed by atoms with Gasteiger partial charge in [-0.15, -0.1) is 11.3 Å². The highest BCUT2D eigenvalue weighted by Gasteiger charge is 2.36. The van der Waals surface area contributed by atoms with Crippen LogP contribution < -0.4 is 5.32 Å². The summed E-state index contributed by atoms with van der Waals surface area (Å²) < 4.78 is 28.2. The SMILES string of the molecule is CC[C@@H]1c2ccsc2CCN1S(=O)(=O)c1ccc2c(c1)CCC(=O)N2. The average molecular weight is 377 g/mol. The van der Waals surface area contributed by atoms with Crippen LogP contribution in [0.5, 0.6) is 0 Å².